The van der Waals surface area contributed by atoms with Gasteiger partial charge in [-0.15, -0.1) is 5.10 Å². The van der Waals surface area contributed by atoms with Crippen molar-refractivity contribution in [3.05, 3.63) is 63.5 Å². The number of aromatic amines is 1. The largest absolute Gasteiger partial charge is 0.348 e. The number of hydrogen-bond acceptors (Lipinski definition) is 3. The van der Waals surface area contributed by atoms with E-state index in [4.69, 9.17) is 11.6 Å². The quantitative estimate of drug-likeness (QED) is 0.587. The highest BCUT2D eigenvalue weighted by molar-refractivity contribution is 6.31. The van der Waals surface area contributed by atoms with Crippen LogP contribution in [0.3, 0.4) is 0 Å². The molecule has 0 saturated carbocycles. The van der Waals surface area contributed by atoms with Crippen LogP contribution in [0.2, 0.25) is 5.02 Å². The lowest BCUT2D eigenvalue weighted by Crippen LogP contribution is -2.17. The molecule has 4 rings (SSSR count). The minimum Gasteiger partial charge on any atom is -0.305 e. The molecule has 2 aromatic heterocycles. The Morgan fingerprint density at radius 3 is 2.68 bits per heavy atom. The van der Waals surface area contributed by atoms with E-state index in [0.29, 0.717) is 22.0 Å². The van der Waals surface area contributed by atoms with E-state index in [-0.39, 0.29) is 5.69 Å². The van der Waals surface area contributed by atoms with Crippen LogP contribution < -0.4 is 5.69 Å². The van der Waals surface area contributed by atoms with Gasteiger partial charge in [-0.2, -0.15) is 4.52 Å². The van der Waals surface area contributed by atoms with Gasteiger partial charge in [0.2, 0.25) is 0 Å². The second kappa shape index (κ2) is 4.68. The molecule has 0 aliphatic carbocycles. The van der Waals surface area contributed by atoms with Gasteiger partial charge in [0.25, 0.3) is 0 Å². The Hall–Kier alpha value is -2.66. The molecule has 2 heterocycles. The Balaban J connectivity index is 2.06. The average Bonchev–Trinajstić information content (AvgIpc) is 2.95. The van der Waals surface area contributed by atoms with E-state index in [1.807, 2.05) is 31.2 Å². The van der Waals surface area contributed by atoms with Crippen LogP contribution >= 0.6 is 11.6 Å². The summed E-state index contributed by atoms with van der Waals surface area (Å²) in [6, 6.07) is 13.1. The highest BCUT2D eigenvalue weighted by Crippen LogP contribution is 2.22. The number of aromatic nitrogens is 4. The zero-order chi connectivity index (χ0) is 15.3. The fourth-order valence-electron chi connectivity index (χ4n) is 2.43. The fourth-order valence-corrected chi connectivity index (χ4v) is 2.60. The number of H-pyrrole nitrogens is 1. The predicted octanol–water partition coefficient (Wildman–Crippen LogP) is 3.20. The lowest BCUT2D eigenvalue weighted by molar-refractivity contribution is 0.885. The zero-order valence-electron chi connectivity index (χ0n) is 11.7. The molecular formula is C16H11ClN4O. The second-order valence-electron chi connectivity index (χ2n) is 5.16. The van der Waals surface area contributed by atoms with Crippen LogP contribution in [-0.2, 0) is 0 Å². The summed E-state index contributed by atoms with van der Waals surface area (Å²) in [7, 11) is 0. The second-order valence-corrected chi connectivity index (χ2v) is 5.59. The highest BCUT2D eigenvalue weighted by atomic mass is 35.5. The Labute approximate surface area is 130 Å². The van der Waals surface area contributed by atoms with Crippen molar-refractivity contribution in [1.82, 2.24) is 19.6 Å². The molecule has 0 atom stereocenters. The van der Waals surface area contributed by atoms with Gasteiger partial charge in [0, 0.05) is 16.0 Å². The smallest absolute Gasteiger partial charge is 0.305 e. The van der Waals surface area contributed by atoms with Gasteiger partial charge in [-0.25, -0.2) is 9.78 Å². The third kappa shape index (κ3) is 1.98. The molecule has 4 aromatic rings. The van der Waals surface area contributed by atoms with E-state index >= 15 is 0 Å². The molecule has 0 saturated heterocycles. The summed E-state index contributed by atoms with van der Waals surface area (Å²) in [4.78, 5) is 19.4. The SMILES string of the molecule is Cc1ccc(-c2nc3c4cc(Cl)ccc4[nH]c(=O)n3n2)cc1. The third-order valence-corrected chi connectivity index (χ3v) is 3.81. The molecule has 108 valence electrons. The fraction of sp³-hybridized carbons (Fsp3) is 0.0625. The Kier molecular flexibility index (Phi) is 2.77. The number of fused-ring (bicyclic) bond motifs is 3. The molecule has 0 aliphatic rings. The van der Waals surface area contributed by atoms with E-state index < -0.39 is 0 Å². The van der Waals surface area contributed by atoms with Gasteiger partial charge in [0.15, 0.2) is 11.5 Å². The van der Waals surface area contributed by atoms with Gasteiger partial charge in [0.05, 0.1) is 5.52 Å². The van der Waals surface area contributed by atoms with Crippen LogP contribution in [0.15, 0.2) is 47.3 Å². The van der Waals surface area contributed by atoms with Crippen LogP contribution in [0, 0.1) is 6.92 Å². The van der Waals surface area contributed by atoms with E-state index in [0.717, 1.165) is 16.5 Å². The first kappa shape index (κ1) is 13.0. The normalized spacial score (nSPS) is 11.4. The molecule has 0 amide bonds. The van der Waals surface area contributed by atoms with Gasteiger partial charge in [-0.3, -0.25) is 0 Å². The summed E-state index contributed by atoms with van der Waals surface area (Å²) in [5.41, 5.74) is 2.88. The van der Waals surface area contributed by atoms with Crippen molar-refractivity contribution < 1.29 is 0 Å². The minimum absolute atomic E-state index is 0.323. The Morgan fingerprint density at radius 2 is 1.91 bits per heavy atom. The molecule has 0 aliphatic heterocycles. The summed E-state index contributed by atoms with van der Waals surface area (Å²) >= 11 is 6.05. The molecule has 0 unspecified atom stereocenters. The number of halogens is 1. The summed E-state index contributed by atoms with van der Waals surface area (Å²) in [6.45, 7) is 2.01. The molecule has 6 heteroatoms. The first-order chi connectivity index (χ1) is 10.6. The van der Waals surface area contributed by atoms with Crippen LogP contribution in [0.5, 0.6) is 0 Å². The van der Waals surface area contributed by atoms with Crippen molar-refractivity contribution in [1.29, 1.82) is 0 Å². The number of nitrogens with zero attached hydrogens (tertiary/aromatic N) is 3. The van der Waals surface area contributed by atoms with Gasteiger partial charge < -0.3 is 4.98 Å². The zero-order valence-corrected chi connectivity index (χ0v) is 12.4. The molecule has 22 heavy (non-hydrogen) atoms. The van der Waals surface area contributed by atoms with Gasteiger partial charge in [-0.05, 0) is 25.1 Å². The number of rotatable bonds is 1. The van der Waals surface area contributed by atoms with E-state index in [1.54, 1.807) is 18.2 Å². The molecule has 5 nitrogen and oxygen atoms in total. The summed E-state index contributed by atoms with van der Waals surface area (Å²) in [5, 5.41) is 5.66. The van der Waals surface area contributed by atoms with Crippen molar-refractivity contribution in [2.75, 3.05) is 0 Å². The van der Waals surface area contributed by atoms with Crippen molar-refractivity contribution in [3.8, 4) is 11.4 Å². The van der Waals surface area contributed by atoms with E-state index in [2.05, 4.69) is 15.1 Å². The topological polar surface area (TPSA) is 63.0 Å². The van der Waals surface area contributed by atoms with Crippen LogP contribution in [0.1, 0.15) is 5.56 Å². The van der Waals surface area contributed by atoms with E-state index in [9.17, 15) is 4.79 Å². The monoisotopic (exact) mass is 310 g/mol. The maximum atomic E-state index is 12.1. The van der Waals surface area contributed by atoms with Gasteiger partial charge in [-0.1, -0.05) is 41.4 Å². The lowest BCUT2D eigenvalue weighted by Gasteiger charge is -1.99. The van der Waals surface area contributed by atoms with Crippen molar-refractivity contribution >= 4 is 28.2 Å². The number of hydrogen-bond donors (Lipinski definition) is 1. The minimum atomic E-state index is -0.323. The average molecular weight is 311 g/mol. The van der Waals surface area contributed by atoms with Crippen LogP contribution in [-0.4, -0.2) is 19.6 Å². The molecule has 0 fully saturated rings. The molecule has 0 bridgehead atoms. The standard InChI is InChI=1S/C16H11ClN4O/c1-9-2-4-10(5-3-9)14-19-15-12-8-11(17)6-7-13(12)18-16(22)21(15)20-14/h2-8H,1H3,(H,18,22). The van der Waals surface area contributed by atoms with E-state index in [1.165, 1.54) is 4.52 Å². The Bertz CT molecular complexity index is 1060. The molecule has 1 N–H and O–H groups in total. The van der Waals surface area contributed by atoms with Crippen molar-refractivity contribution in [2.24, 2.45) is 0 Å². The number of nitrogens with one attached hydrogen (secondary N) is 1. The van der Waals surface area contributed by atoms with Gasteiger partial charge in [0.1, 0.15) is 0 Å². The predicted molar refractivity (Wildman–Crippen MR) is 86.3 cm³/mol. The molecule has 0 spiro atoms. The van der Waals surface area contributed by atoms with Gasteiger partial charge >= 0.3 is 5.69 Å². The van der Waals surface area contributed by atoms with Crippen LogP contribution in [0.4, 0.5) is 0 Å². The third-order valence-electron chi connectivity index (χ3n) is 3.57. The number of benzene rings is 2. The first-order valence-electron chi connectivity index (χ1n) is 6.77. The van der Waals surface area contributed by atoms with Crippen LogP contribution in [0.25, 0.3) is 27.9 Å². The molecule has 0 radical (unpaired) electrons. The summed E-state index contributed by atoms with van der Waals surface area (Å²) in [6.07, 6.45) is 0. The maximum Gasteiger partial charge on any atom is 0.348 e. The molecule has 2 aromatic carbocycles. The van der Waals surface area contributed by atoms with Crippen molar-refractivity contribution in [2.45, 2.75) is 6.92 Å². The summed E-state index contributed by atoms with van der Waals surface area (Å²) in [5.74, 6) is 0.512. The maximum absolute atomic E-state index is 12.1. The van der Waals surface area contributed by atoms with Crippen molar-refractivity contribution in [3.63, 3.8) is 0 Å². The lowest BCUT2D eigenvalue weighted by atomic mass is 10.1. The first-order valence-corrected chi connectivity index (χ1v) is 7.15. The highest BCUT2D eigenvalue weighted by Gasteiger charge is 2.12. The Morgan fingerprint density at radius 1 is 1.14 bits per heavy atom. The summed E-state index contributed by atoms with van der Waals surface area (Å²) < 4.78 is 1.27. The number of aryl methyl sites for hydroxylation is 1. The molecular weight excluding hydrogens is 300 g/mol.